The predicted molar refractivity (Wildman–Crippen MR) is 78.8 cm³/mol. The topological polar surface area (TPSA) is 47.3 Å². The molecule has 0 radical (unpaired) electrons. The van der Waals surface area contributed by atoms with Gasteiger partial charge in [0.25, 0.3) is 0 Å². The van der Waals surface area contributed by atoms with Crippen LogP contribution < -0.4 is 4.74 Å². The van der Waals surface area contributed by atoms with Crippen molar-refractivity contribution in [1.82, 2.24) is 9.78 Å². The van der Waals surface area contributed by atoms with Gasteiger partial charge in [0.1, 0.15) is 12.4 Å². The van der Waals surface area contributed by atoms with Gasteiger partial charge in [-0.05, 0) is 43.5 Å². The van der Waals surface area contributed by atoms with Crippen LogP contribution in [-0.4, -0.2) is 21.5 Å². The van der Waals surface area contributed by atoms with Crippen molar-refractivity contribution >= 4 is 0 Å². The molecule has 0 aliphatic carbocycles. The molecule has 1 atom stereocenters. The zero-order chi connectivity index (χ0) is 14.4. The second-order valence-electron chi connectivity index (χ2n) is 4.95. The second-order valence-corrected chi connectivity index (χ2v) is 4.95. The summed E-state index contributed by atoms with van der Waals surface area (Å²) in [4.78, 5) is 0. The lowest BCUT2D eigenvalue weighted by Gasteiger charge is -2.08. The Morgan fingerprint density at radius 3 is 2.65 bits per heavy atom. The fraction of sp³-hybridized carbons (Fsp3) is 0.438. The molecule has 2 rings (SSSR count). The Morgan fingerprint density at radius 2 is 2.00 bits per heavy atom. The van der Waals surface area contributed by atoms with Gasteiger partial charge in [-0.25, -0.2) is 0 Å². The van der Waals surface area contributed by atoms with Gasteiger partial charge in [0.15, 0.2) is 0 Å². The molecule has 0 saturated heterocycles. The number of aliphatic hydroxyl groups is 1. The maximum absolute atomic E-state index is 8.87. The number of rotatable bonds is 7. The Hall–Kier alpha value is -1.81. The van der Waals surface area contributed by atoms with Crippen LogP contribution in [0.2, 0.25) is 0 Å². The van der Waals surface area contributed by atoms with E-state index in [1.807, 2.05) is 41.2 Å². The van der Waals surface area contributed by atoms with Crippen LogP contribution >= 0.6 is 0 Å². The Kier molecular flexibility index (Phi) is 5.18. The van der Waals surface area contributed by atoms with Gasteiger partial charge in [-0.3, -0.25) is 4.68 Å². The van der Waals surface area contributed by atoms with E-state index < -0.39 is 0 Å². The molecule has 1 unspecified atom stereocenters. The number of nitrogens with zero attached hydrogens (tertiary/aromatic N) is 2. The van der Waals surface area contributed by atoms with E-state index in [9.17, 15) is 0 Å². The SMILES string of the molecule is CCC(C)n1ccc(COc2ccc(CCO)cc2)n1. The molecule has 0 aliphatic heterocycles. The number of hydrogen-bond donors (Lipinski definition) is 1. The summed E-state index contributed by atoms with van der Waals surface area (Å²) in [6.07, 6.45) is 3.74. The van der Waals surface area contributed by atoms with Gasteiger partial charge in [-0.15, -0.1) is 0 Å². The van der Waals surface area contributed by atoms with Crippen molar-refractivity contribution in [3.05, 3.63) is 47.8 Å². The van der Waals surface area contributed by atoms with Gasteiger partial charge in [-0.1, -0.05) is 19.1 Å². The van der Waals surface area contributed by atoms with Crippen molar-refractivity contribution in [1.29, 1.82) is 0 Å². The Labute approximate surface area is 120 Å². The van der Waals surface area contributed by atoms with Gasteiger partial charge in [0, 0.05) is 18.8 Å². The van der Waals surface area contributed by atoms with E-state index in [2.05, 4.69) is 18.9 Å². The Morgan fingerprint density at radius 1 is 1.25 bits per heavy atom. The van der Waals surface area contributed by atoms with E-state index in [1.165, 1.54) is 0 Å². The first kappa shape index (κ1) is 14.6. The molecule has 0 amide bonds. The fourth-order valence-corrected chi connectivity index (χ4v) is 1.93. The summed E-state index contributed by atoms with van der Waals surface area (Å²) < 4.78 is 7.69. The van der Waals surface area contributed by atoms with Crippen LogP contribution in [0.15, 0.2) is 36.5 Å². The molecule has 1 aromatic heterocycles. The minimum absolute atomic E-state index is 0.174. The second kappa shape index (κ2) is 7.10. The lowest BCUT2D eigenvalue weighted by Crippen LogP contribution is -2.05. The van der Waals surface area contributed by atoms with Crippen LogP contribution in [0.4, 0.5) is 0 Å². The number of hydrogen-bond acceptors (Lipinski definition) is 3. The summed E-state index contributed by atoms with van der Waals surface area (Å²) in [6.45, 7) is 4.95. The van der Waals surface area contributed by atoms with Crippen LogP contribution in [0.25, 0.3) is 0 Å². The highest BCUT2D eigenvalue weighted by molar-refractivity contribution is 5.27. The van der Waals surface area contributed by atoms with Crippen LogP contribution in [0, 0.1) is 0 Å². The van der Waals surface area contributed by atoms with Crippen LogP contribution in [-0.2, 0) is 13.0 Å². The monoisotopic (exact) mass is 274 g/mol. The standard InChI is InChI=1S/C16H22N2O2/c1-3-13(2)18-10-8-15(17-18)12-20-16-6-4-14(5-7-16)9-11-19/h4-8,10,13,19H,3,9,11-12H2,1-2H3. The molecule has 1 N–H and O–H groups in total. The summed E-state index contributed by atoms with van der Waals surface area (Å²) in [5.41, 5.74) is 2.05. The number of aromatic nitrogens is 2. The molecular formula is C16H22N2O2. The smallest absolute Gasteiger partial charge is 0.132 e. The largest absolute Gasteiger partial charge is 0.487 e. The molecule has 0 saturated carbocycles. The summed E-state index contributed by atoms with van der Waals surface area (Å²) >= 11 is 0. The molecule has 2 aromatic rings. The average molecular weight is 274 g/mol. The zero-order valence-electron chi connectivity index (χ0n) is 12.1. The molecule has 20 heavy (non-hydrogen) atoms. The normalized spacial score (nSPS) is 12.3. The van der Waals surface area contributed by atoms with Crippen LogP contribution in [0.3, 0.4) is 0 Å². The van der Waals surface area contributed by atoms with E-state index in [0.29, 0.717) is 19.1 Å². The quantitative estimate of drug-likeness (QED) is 0.844. The summed E-state index contributed by atoms with van der Waals surface area (Å²) in [5.74, 6) is 0.824. The minimum atomic E-state index is 0.174. The fourth-order valence-electron chi connectivity index (χ4n) is 1.93. The Balaban J connectivity index is 1.89. The summed E-state index contributed by atoms with van der Waals surface area (Å²) in [7, 11) is 0. The number of benzene rings is 1. The van der Waals surface area contributed by atoms with Crippen molar-refractivity contribution in [2.45, 2.75) is 39.3 Å². The molecule has 0 bridgehead atoms. The van der Waals surface area contributed by atoms with Crippen molar-refractivity contribution in [3.63, 3.8) is 0 Å². The molecule has 0 fully saturated rings. The molecule has 4 heteroatoms. The average Bonchev–Trinajstić information content (AvgIpc) is 2.95. The van der Waals surface area contributed by atoms with Gasteiger partial charge in [0.2, 0.25) is 0 Å². The van der Waals surface area contributed by atoms with E-state index in [4.69, 9.17) is 9.84 Å². The first-order chi connectivity index (χ1) is 9.72. The maximum atomic E-state index is 8.87. The summed E-state index contributed by atoms with van der Waals surface area (Å²) in [6, 6.07) is 10.2. The van der Waals surface area contributed by atoms with Crippen molar-refractivity contribution < 1.29 is 9.84 Å². The number of aliphatic hydroxyl groups excluding tert-OH is 1. The molecule has 1 heterocycles. The maximum Gasteiger partial charge on any atom is 0.132 e. The highest BCUT2D eigenvalue weighted by Crippen LogP contribution is 2.15. The molecule has 108 valence electrons. The molecular weight excluding hydrogens is 252 g/mol. The van der Waals surface area contributed by atoms with E-state index in [-0.39, 0.29) is 6.61 Å². The Bertz CT molecular complexity index is 520. The van der Waals surface area contributed by atoms with Crippen molar-refractivity contribution in [3.8, 4) is 5.75 Å². The van der Waals surface area contributed by atoms with Gasteiger partial charge >= 0.3 is 0 Å². The van der Waals surface area contributed by atoms with Gasteiger partial charge < -0.3 is 9.84 Å². The van der Waals surface area contributed by atoms with E-state index in [0.717, 1.165) is 23.4 Å². The minimum Gasteiger partial charge on any atom is -0.487 e. The lowest BCUT2D eigenvalue weighted by molar-refractivity contribution is 0.295. The number of ether oxygens (including phenoxy) is 1. The molecule has 1 aromatic carbocycles. The molecule has 4 nitrogen and oxygen atoms in total. The van der Waals surface area contributed by atoms with Crippen LogP contribution in [0.5, 0.6) is 5.75 Å². The third-order valence-corrected chi connectivity index (χ3v) is 3.42. The first-order valence-corrected chi connectivity index (χ1v) is 7.09. The van der Waals surface area contributed by atoms with Crippen LogP contribution in [0.1, 0.15) is 37.6 Å². The predicted octanol–water partition coefficient (Wildman–Crippen LogP) is 2.97. The van der Waals surface area contributed by atoms with E-state index >= 15 is 0 Å². The highest BCUT2D eigenvalue weighted by Gasteiger charge is 2.05. The van der Waals surface area contributed by atoms with Crippen molar-refractivity contribution in [2.75, 3.05) is 6.61 Å². The van der Waals surface area contributed by atoms with Gasteiger partial charge in [0.05, 0.1) is 5.69 Å². The van der Waals surface area contributed by atoms with Gasteiger partial charge in [-0.2, -0.15) is 5.10 Å². The van der Waals surface area contributed by atoms with Crippen molar-refractivity contribution in [2.24, 2.45) is 0 Å². The summed E-state index contributed by atoms with van der Waals surface area (Å²) in [5, 5.41) is 13.4. The lowest BCUT2D eigenvalue weighted by atomic mass is 10.1. The third kappa shape index (κ3) is 3.84. The molecule has 0 aliphatic rings. The third-order valence-electron chi connectivity index (χ3n) is 3.42. The zero-order valence-corrected chi connectivity index (χ0v) is 12.1. The molecule has 0 spiro atoms. The van der Waals surface area contributed by atoms with E-state index in [1.54, 1.807) is 0 Å². The highest BCUT2D eigenvalue weighted by atomic mass is 16.5. The first-order valence-electron chi connectivity index (χ1n) is 7.09.